The number of halogens is 1. The van der Waals surface area contributed by atoms with Gasteiger partial charge in [0.15, 0.2) is 11.5 Å². The Morgan fingerprint density at radius 1 is 1.30 bits per heavy atom. The number of anilines is 1. The van der Waals surface area contributed by atoms with Gasteiger partial charge in [0.1, 0.15) is 30.8 Å². The van der Waals surface area contributed by atoms with Crippen LogP contribution in [-0.2, 0) is 4.74 Å². The molecular weight excluding hydrogens is 366 g/mol. The number of hydrogen-bond acceptors (Lipinski definition) is 6. The van der Waals surface area contributed by atoms with Crippen LogP contribution in [0.3, 0.4) is 0 Å². The van der Waals surface area contributed by atoms with Gasteiger partial charge >= 0.3 is 0 Å². The topological polar surface area (TPSA) is 76.2 Å². The van der Waals surface area contributed by atoms with Gasteiger partial charge in [-0.1, -0.05) is 29.7 Å². The minimum Gasteiger partial charge on any atom is -0.490 e. The molecule has 1 N–H and O–H groups in total. The number of nitrogens with zero attached hydrogens (tertiary/aromatic N) is 4. The molecule has 0 aliphatic carbocycles. The molecule has 0 saturated carbocycles. The highest BCUT2D eigenvalue weighted by Gasteiger charge is 2.35. The summed E-state index contributed by atoms with van der Waals surface area (Å²) in [6, 6.07) is 7.46. The highest BCUT2D eigenvalue weighted by molar-refractivity contribution is 6.32. The third kappa shape index (κ3) is 3.68. The van der Waals surface area contributed by atoms with Crippen LogP contribution in [0.2, 0.25) is 5.02 Å². The number of terminal acetylenes is 1. The number of hydrogen-bond donors (Lipinski definition) is 1. The first-order chi connectivity index (χ1) is 13.3. The van der Waals surface area contributed by atoms with Crippen molar-refractivity contribution in [3.05, 3.63) is 41.9 Å². The molecule has 1 aliphatic rings. The average Bonchev–Trinajstić information content (AvgIpc) is 3.32. The van der Waals surface area contributed by atoms with Gasteiger partial charge in [0, 0.05) is 6.54 Å². The van der Waals surface area contributed by atoms with Gasteiger partial charge in [-0.05, 0) is 18.6 Å². The van der Waals surface area contributed by atoms with E-state index in [-0.39, 0.29) is 18.8 Å². The molecule has 0 radical (unpaired) electrons. The molecule has 0 bridgehead atoms. The summed E-state index contributed by atoms with van der Waals surface area (Å²) in [7, 11) is 0. The van der Waals surface area contributed by atoms with Crippen molar-refractivity contribution in [1.29, 1.82) is 0 Å². The van der Waals surface area contributed by atoms with Crippen molar-refractivity contribution in [2.75, 3.05) is 24.7 Å². The van der Waals surface area contributed by atoms with E-state index in [4.69, 9.17) is 27.5 Å². The number of ether oxygens (including phenoxy) is 2. The molecule has 3 heterocycles. The van der Waals surface area contributed by atoms with E-state index < -0.39 is 0 Å². The van der Waals surface area contributed by atoms with E-state index in [1.807, 2.05) is 18.2 Å². The first-order valence-electron chi connectivity index (χ1n) is 8.59. The highest BCUT2D eigenvalue weighted by atomic mass is 35.5. The summed E-state index contributed by atoms with van der Waals surface area (Å²) >= 11 is 6.20. The van der Waals surface area contributed by atoms with Crippen LogP contribution in [-0.4, -0.2) is 51.8 Å². The number of nitrogens with one attached hydrogen (secondary N) is 1. The smallest absolute Gasteiger partial charge is 0.162 e. The minimum atomic E-state index is -0.00940. The number of para-hydroxylation sites is 1. The van der Waals surface area contributed by atoms with Gasteiger partial charge in [-0.15, -0.1) is 6.42 Å². The normalized spacial score (nSPS) is 19.3. The van der Waals surface area contributed by atoms with Gasteiger partial charge in [0.25, 0.3) is 0 Å². The Labute approximate surface area is 161 Å². The maximum absolute atomic E-state index is 6.20. The molecule has 1 saturated heterocycles. The van der Waals surface area contributed by atoms with Crippen molar-refractivity contribution in [2.24, 2.45) is 0 Å². The number of fused-ring (bicyclic) bond motifs is 1. The Balaban J connectivity index is 1.57. The van der Waals surface area contributed by atoms with E-state index in [1.165, 1.54) is 6.33 Å². The molecule has 0 unspecified atom stereocenters. The first-order valence-corrected chi connectivity index (χ1v) is 8.97. The number of benzene rings is 1. The fourth-order valence-corrected chi connectivity index (χ4v) is 3.48. The first kappa shape index (κ1) is 17.6. The Bertz CT molecular complexity index is 970. The van der Waals surface area contributed by atoms with Crippen molar-refractivity contribution in [3.8, 4) is 18.1 Å². The SMILES string of the molecule is C#CCO[C@H]1C[C@H](COc2ccccc2Cl)N(c2ncnc3[nH]cnc23)C1. The Morgan fingerprint density at radius 3 is 3.04 bits per heavy atom. The Kier molecular flexibility index (Phi) is 5.10. The summed E-state index contributed by atoms with van der Waals surface area (Å²) in [4.78, 5) is 18.2. The van der Waals surface area contributed by atoms with Gasteiger partial charge < -0.3 is 19.4 Å². The summed E-state index contributed by atoms with van der Waals surface area (Å²) in [6.07, 6.45) is 9.23. The fourth-order valence-electron chi connectivity index (χ4n) is 3.29. The lowest BCUT2D eigenvalue weighted by Gasteiger charge is -2.25. The third-order valence-corrected chi connectivity index (χ3v) is 4.83. The number of rotatable bonds is 6. The molecule has 1 fully saturated rings. The molecule has 2 aromatic heterocycles. The second-order valence-corrected chi connectivity index (χ2v) is 6.62. The molecule has 1 aliphatic heterocycles. The summed E-state index contributed by atoms with van der Waals surface area (Å²) in [5, 5.41) is 0.582. The fraction of sp³-hybridized carbons (Fsp3) is 0.316. The Hall–Kier alpha value is -2.82. The van der Waals surface area contributed by atoms with E-state index in [9.17, 15) is 0 Å². The molecule has 0 spiro atoms. The monoisotopic (exact) mass is 383 g/mol. The van der Waals surface area contributed by atoms with E-state index in [1.54, 1.807) is 12.4 Å². The highest BCUT2D eigenvalue weighted by Crippen LogP contribution is 2.31. The summed E-state index contributed by atoms with van der Waals surface area (Å²) in [5.41, 5.74) is 1.41. The summed E-state index contributed by atoms with van der Waals surface area (Å²) < 4.78 is 11.8. The molecule has 4 rings (SSSR count). The molecule has 3 aromatic rings. The average molecular weight is 384 g/mol. The van der Waals surface area contributed by atoms with Crippen molar-refractivity contribution in [3.63, 3.8) is 0 Å². The maximum Gasteiger partial charge on any atom is 0.162 e. The molecule has 0 amide bonds. The largest absolute Gasteiger partial charge is 0.490 e. The molecular formula is C19H18ClN5O2. The van der Waals surface area contributed by atoms with Gasteiger partial charge in [-0.2, -0.15) is 0 Å². The van der Waals surface area contributed by atoms with E-state index >= 15 is 0 Å². The number of aromatic amines is 1. The molecule has 138 valence electrons. The number of imidazole rings is 1. The van der Waals surface area contributed by atoms with Crippen LogP contribution in [0.4, 0.5) is 5.82 Å². The zero-order valence-corrected chi connectivity index (χ0v) is 15.3. The van der Waals surface area contributed by atoms with Crippen LogP contribution in [0.5, 0.6) is 5.75 Å². The second-order valence-electron chi connectivity index (χ2n) is 6.22. The van der Waals surface area contributed by atoms with Crippen molar-refractivity contribution >= 4 is 28.6 Å². The number of aromatic nitrogens is 4. The Morgan fingerprint density at radius 2 is 2.19 bits per heavy atom. The van der Waals surface area contributed by atoms with Crippen LogP contribution in [0.15, 0.2) is 36.9 Å². The van der Waals surface area contributed by atoms with Gasteiger partial charge in [0.05, 0.1) is 23.5 Å². The quantitative estimate of drug-likeness (QED) is 0.659. The lowest BCUT2D eigenvalue weighted by molar-refractivity contribution is 0.0903. The van der Waals surface area contributed by atoms with Crippen LogP contribution in [0.25, 0.3) is 11.2 Å². The lowest BCUT2D eigenvalue weighted by atomic mass is 10.2. The van der Waals surface area contributed by atoms with Crippen LogP contribution < -0.4 is 9.64 Å². The molecule has 2 atom stereocenters. The van der Waals surface area contributed by atoms with Gasteiger partial charge in [-0.3, -0.25) is 0 Å². The van der Waals surface area contributed by atoms with Crippen LogP contribution >= 0.6 is 11.6 Å². The number of H-pyrrole nitrogens is 1. The van der Waals surface area contributed by atoms with Crippen LogP contribution in [0.1, 0.15) is 6.42 Å². The standard InChI is InChI=1S/C19H18ClN5O2/c1-2-7-26-14-8-13(10-27-16-6-4-3-5-15(16)20)25(9-14)19-17-18(22-11-21-17)23-12-24-19/h1,3-6,11-14H,7-10H2,(H,21,22,23,24)/t13-,14+/m1/s1. The molecule has 8 heteroatoms. The lowest BCUT2D eigenvalue weighted by Crippen LogP contribution is -2.35. The minimum absolute atomic E-state index is 0.00940. The van der Waals surface area contributed by atoms with Crippen LogP contribution in [0, 0.1) is 12.3 Å². The van der Waals surface area contributed by atoms with E-state index in [2.05, 4.69) is 30.8 Å². The summed E-state index contributed by atoms with van der Waals surface area (Å²) in [6.45, 7) is 1.37. The predicted octanol–water partition coefficient (Wildman–Crippen LogP) is 2.68. The predicted molar refractivity (Wildman–Crippen MR) is 103 cm³/mol. The van der Waals surface area contributed by atoms with Crippen molar-refractivity contribution < 1.29 is 9.47 Å². The van der Waals surface area contributed by atoms with E-state index in [0.717, 1.165) is 17.8 Å². The molecule has 27 heavy (non-hydrogen) atoms. The second kappa shape index (κ2) is 7.82. The van der Waals surface area contributed by atoms with Gasteiger partial charge in [0.2, 0.25) is 0 Å². The van der Waals surface area contributed by atoms with Crippen molar-refractivity contribution in [2.45, 2.75) is 18.6 Å². The maximum atomic E-state index is 6.20. The van der Waals surface area contributed by atoms with Crippen molar-refractivity contribution in [1.82, 2.24) is 19.9 Å². The third-order valence-electron chi connectivity index (χ3n) is 4.52. The zero-order valence-electron chi connectivity index (χ0n) is 14.5. The summed E-state index contributed by atoms with van der Waals surface area (Å²) in [5.74, 6) is 3.93. The molecule has 7 nitrogen and oxygen atoms in total. The van der Waals surface area contributed by atoms with E-state index in [0.29, 0.717) is 29.6 Å². The van der Waals surface area contributed by atoms with Gasteiger partial charge in [-0.25, -0.2) is 15.0 Å². The zero-order chi connectivity index (χ0) is 18.6. The molecule has 1 aromatic carbocycles.